The van der Waals surface area contributed by atoms with Gasteiger partial charge in [-0.05, 0) is 44.2 Å². The van der Waals surface area contributed by atoms with E-state index in [1.165, 1.54) is 9.79 Å². The third-order valence-electron chi connectivity index (χ3n) is 3.96. The lowest BCUT2D eigenvalue weighted by atomic mass is 10.1. The Morgan fingerprint density at radius 2 is 1.52 bits per heavy atom. The van der Waals surface area contributed by atoms with Crippen LogP contribution in [-0.2, 0) is 9.59 Å². The first-order valence-electron chi connectivity index (χ1n) is 8.59. The van der Waals surface area contributed by atoms with Gasteiger partial charge in [0.2, 0.25) is 0 Å². The number of likely N-dealkylation sites (tertiary alicyclic amines) is 1. The van der Waals surface area contributed by atoms with E-state index in [1.807, 2.05) is 6.07 Å². The number of carboxylic acid groups (broad SMARTS) is 2. The number of nitrogens with zero attached hydrogens (tertiary/aromatic N) is 1. The molecule has 6 nitrogen and oxygen atoms in total. The van der Waals surface area contributed by atoms with Gasteiger partial charge in [0.05, 0.1) is 4.90 Å². The van der Waals surface area contributed by atoms with Crippen molar-refractivity contribution in [2.75, 3.05) is 20.1 Å². The number of carboxylic acids is 2. The van der Waals surface area contributed by atoms with Crippen LogP contribution < -0.4 is 4.74 Å². The minimum Gasteiger partial charge on any atom is -0.489 e. The maximum absolute atomic E-state index is 9.10. The summed E-state index contributed by atoms with van der Waals surface area (Å²) in [6.45, 7) is 2.25. The van der Waals surface area contributed by atoms with E-state index < -0.39 is 11.9 Å². The number of benzene rings is 2. The number of hydrogen-bond donors (Lipinski definition) is 2. The van der Waals surface area contributed by atoms with Crippen LogP contribution in [0.1, 0.15) is 12.8 Å². The predicted molar refractivity (Wildman–Crippen MR) is 103 cm³/mol. The van der Waals surface area contributed by atoms with Crippen LogP contribution in [0.25, 0.3) is 0 Å². The molecule has 2 N–H and O–H groups in total. The Morgan fingerprint density at radius 3 is 2.11 bits per heavy atom. The van der Waals surface area contributed by atoms with E-state index in [4.69, 9.17) is 24.5 Å². The molecule has 0 bridgehead atoms. The second-order valence-corrected chi connectivity index (χ2v) is 7.21. The van der Waals surface area contributed by atoms with Crippen LogP contribution in [0.4, 0.5) is 0 Å². The zero-order chi connectivity index (χ0) is 19.6. The maximum Gasteiger partial charge on any atom is 0.414 e. The third-order valence-corrected chi connectivity index (χ3v) is 5.03. The smallest absolute Gasteiger partial charge is 0.414 e. The Labute approximate surface area is 162 Å². The molecule has 7 heteroatoms. The lowest BCUT2D eigenvalue weighted by Crippen LogP contribution is -2.35. The number of piperidine rings is 1. The normalized spacial score (nSPS) is 14.7. The summed E-state index contributed by atoms with van der Waals surface area (Å²) in [4.78, 5) is 23.0. The molecule has 0 atom stereocenters. The standard InChI is InChI=1S/C18H21NOS.C2H2O4/c1-19-13-11-15(12-14-19)20-17-9-5-6-10-18(17)21-16-7-3-2-4-8-16;3-1(4)2(5)6/h2-10,15H,11-14H2,1H3;(H,3,4)(H,5,6). The van der Waals surface area contributed by atoms with Crippen LogP contribution in [-0.4, -0.2) is 53.3 Å². The van der Waals surface area contributed by atoms with Gasteiger partial charge in [0.1, 0.15) is 11.9 Å². The van der Waals surface area contributed by atoms with Crippen LogP contribution in [0, 0.1) is 0 Å². The van der Waals surface area contributed by atoms with Crippen LogP contribution >= 0.6 is 11.8 Å². The number of hydrogen-bond acceptors (Lipinski definition) is 5. The highest BCUT2D eigenvalue weighted by atomic mass is 32.2. The third kappa shape index (κ3) is 7.32. The first kappa shape index (κ1) is 20.8. The second-order valence-electron chi connectivity index (χ2n) is 6.09. The van der Waals surface area contributed by atoms with Crippen molar-refractivity contribution in [3.8, 4) is 5.75 Å². The van der Waals surface area contributed by atoms with Crippen molar-refractivity contribution in [2.45, 2.75) is 28.7 Å². The summed E-state index contributed by atoms with van der Waals surface area (Å²) in [5.41, 5.74) is 0. The van der Waals surface area contributed by atoms with Gasteiger partial charge in [-0.15, -0.1) is 0 Å². The highest BCUT2D eigenvalue weighted by Gasteiger charge is 2.19. The van der Waals surface area contributed by atoms with Gasteiger partial charge in [-0.25, -0.2) is 9.59 Å². The summed E-state index contributed by atoms with van der Waals surface area (Å²) in [5, 5.41) is 14.8. The number of carbonyl (C=O) groups is 2. The molecule has 1 fully saturated rings. The number of rotatable bonds is 4. The van der Waals surface area contributed by atoms with Gasteiger partial charge < -0.3 is 19.8 Å². The van der Waals surface area contributed by atoms with Gasteiger partial charge in [-0.1, -0.05) is 42.1 Å². The van der Waals surface area contributed by atoms with Crippen molar-refractivity contribution in [2.24, 2.45) is 0 Å². The van der Waals surface area contributed by atoms with Gasteiger partial charge in [0.25, 0.3) is 0 Å². The van der Waals surface area contributed by atoms with Gasteiger partial charge in [0.15, 0.2) is 0 Å². The molecule has 0 aromatic heterocycles. The molecule has 0 unspecified atom stereocenters. The minimum absolute atomic E-state index is 0.346. The number of ether oxygens (including phenoxy) is 1. The minimum atomic E-state index is -1.82. The molecule has 0 amide bonds. The van der Waals surface area contributed by atoms with Crippen molar-refractivity contribution in [1.29, 1.82) is 0 Å². The lowest BCUT2D eigenvalue weighted by Gasteiger charge is -2.29. The Bertz CT molecular complexity index is 733. The van der Waals surface area contributed by atoms with E-state index >= 15 is 0 Å². The van der Waals surface area contributed by atoms with Crippen LogP contribution in [0.3, 0.4) is 0 Å². The van der Waals surface area contributed by atoms with Crippen LogP contribution in [0.2, 0.25) is 0 Å². The van der Waals surface area contributed by atoms with Gasteiger partial charge in [-0.2, -0.15) is 0 Å². The maximum atomic E-state index is 9.10. The van der Waals surface area contributed by atoms with Gasteiger partial charge >= 0.3 is 11.9 Å². The number of para-hydroxylation sites is 1. The van der Waals surface area contributed by atoms with Crippen LogP contribution in [0.5, 0.6) is 5.75 Å². The molecule has 0 saturated carbocycles. The molecule has 27 heavy (non-hydrogen) atoms. The van der Waals surface area contributed by atoms with E-state index in [2.05, 4.69) is 60.5 Å². The molecule has 1 saturated heterocycles. The Hall–Kier alpha value is -2.51. The molecular weight excluding hydrogens is 366 g/mol. The zero-order valence-electron chi connectivity index (χ0n) is 15.1. The lowest BCUT2D eigenvalue weighted by molar-refractivity contribution is -0.159. The fraction of sp³-hybridized carbons (Fsp3) is 0.300. The van der Waals surface area contributed by atoms with Crippen molar-refractivity contribution < 1.29 is 24.5 Å². The van der Waals surface area contributed by atoms with Crippen molar-refractivity contribution in [3.63, 3.8) is 0 Å². The van der Waals surface area contributed by atoms with E-state index in [-0.39, 0.29) is 0 Å². The first-order chi connectivity index (χ1) is 13.0. The zero-order valence-corrected chi connectivity index (χ0v) is 15.9. The van der Waals surface area contributed by atoms with E-state index in [1.54, 1.807) is 11.8 Å². The van der Waals surface area contributed by atoms with Crippen molar-refractivity contribution in [1.82, 2.24) is 4.90 Å². The van der Waals surface area contributed by atoms with Gasteiger partial charge in [0, 0.05) is 18.0 Å². The van der Waals surface area contributed by atoms with Crippen molar-refractivity contribution in [3.05, 3.63) is 54.6 Å². The molecule has 1 aliphatic rings. The highest BCUT2D eigenvalue weighted by molar-refractivity contribution is 7.99. The molecule has 0 aliphatic carbocycles. The van der Waals surface area contributed by atoms with E-state index in [0.717, 1.165) is 31.7 Å². The van der Waals surface area contributed by atoms with E-state index in [0.29, 0.717) is 6.10 Å². The molecule has 2 aromatic rings. The summed E-state index contributed by atoms with van der Waals surface area (Å²) in [6.07, 6.45) is 2.57. The molecule has 0 radical (unpaired) electrons. The summed E-state index contributed by atoms with van der Waals surface area (Å²) in [5.74, 6) is -2.63. The summed E-state index contributed by atoms with van der Waals surface area (Å²) in [7, 11) is 2.18. The Kier molecular flexibility index (Phi) is 8.16. The molecule has 0 spiro atoms. The largest absolute Gasteiger partial charge is 0.489 e. The molecule has 2 aromatic carbocycles. The predicted octanol–water partition coefficient (Wildman–Crippen LogP) is 3.47. The molecule has 3 rings (SSSR count). The summed E-state index contributed by atoms with van der Waals surface area (Å²) < 4.78 is 6.26. The first-order valence-corrected chi connectivity index (χ1v) is 9.40. The Balaban J connectivity index is 0.000000380. The van der Waals surface area contributed by atoms with E-state index in [9.17, 15) is 0 Å². The highest BCUT2D eigenvalue weighted by Crippen LogP contribution is 2.35. The number of aliphatic carboxylic acids is 2. The summed E-state index contributed by atoms with van der Waals surface area (Å²) >= 11 is 1.77. The monoisotopic (exact) mass is 389 g/mol. The van der Waals surface area contributed by atoms with Gasteiger partial charge in [-0.3, -0.25) is 0 Å². The second kappa shape index (κ2) is 10.6. The topological polar surface area (TPSA) is 87.1 Å². The summed E-state index contributed by atoms with van der Waals surface area (Å²) in [6, 6.07) is 18.8. The molecule has 144 valence electrons. The average Bonchev–Trinajstić information content (AvgIpc) is 2.66. The van der Waals surface area contributed by atoms with Crippen molar-refractivity contribution >= 4 is 23.7 Å². The molecule has 1 aliphatic heterocycles. The Morgan fingerprint density at radius 1 is 0.963 bits per heavy atom. The average molecular weight is 389 g/mol. The quantitative estimate of drug-likeness (QED) is 0.774. The molecule has 1 heterocycles. The SMILES string of the molecule is CN1CCC(Oc2ccccc2Sc2ccccc2)CC1.O=C(O)C(=O)O. The fourth-order valence-corrected chi connectivity index (χ4v) is 3.44. The fourth-order valence-electron chi connectivity index (χ4n) is 2.53. The van der Waals surface area contributed by atoms with Crippen LogP contribution in [0.15, 0.2) is 64.4 Å². The molecular formula is C20H23NO5S.